The van der Waals surface area contributed by atoms with Crippen LogP contribution in [0.2, 0.25) is 0 Å². The van der Waals surface area contributed by atoms with Crippen LogP contribution in [0.1, 0.15) is 19.8 Å². The van der Waals surface area contributed by atoms with Gasteiger partial charge in [-0.05, 0) is 39.4 Å². The first kappa shape index (κ1) is 12.3. The van der Waals surface area contributed by atoms with E-state index in [4.69, 9.17) is 11.6 Å². The summed E-state index contributed by atoms with van der Waals surface area (Å²) < 4.78 is 0. The van der Waals surface area contributed by atoms with Gasteiger partial charge in [-0.15, -0.1) is 11.6 Å². The molecule has 0 saturated carbocycles. The van der Waals surface area contributed by atoms with E-state index >= 15 is 0 Å². The Morgan fingerprint density at radius 2 is 2.00 bits per heavy atom. The zero-order valence-corrected chi connectivity index (χ0v) is 10.4. The lowest BCUT2D eigenvalue weighted by Gasteiger charge is -2.22. The van der Waals surface area contributed by atoms with Gasteiger partial charge < -0.3 is 9.80 Å². The second-order valence-electron chi connectivity index (χ2n) is 4.66. The van der Waals surface area contributed by atoms with E-state index in [1.807, 2.05) is 0 Å². The summed E-state index contributed by atoms with van der Waals surface area (Å²) >= 11 is 5.67. The summed E-state index contributed by atoms with van der Waals surface area (Å²) in [5, 5.41) is 0. The third-order valence-corrected chi connectivity index (χ3v) is 3.44. The van der Waals surface area contributed by atoms with Crippen molar-refractivity contribution in [3.63, 3.8) is 0 Å². The molecule has 2 unspecified atom stereocenters. The lowest BCUT2D eigenvalue weighted by atomic mass is 10.1. The largest absolute Gasteiger partial charge is 0.305 e. The van der Waals surface area contributed by atoms with Crippen molar-refractivity contribution in [3.05, 3.63) is 0 Å². The van der Waals surface area contributed by atoms with Crippen LogP contribution in [0.25, 0.3) is 0 Å². The lowest BCUT2D eigenvalue weighted by Crippen LogP contribution is -2.34. The monoisotopic (exact) mass is 218 g/mol. The first-order chi connectivity index (χ1) is 6.65. The van der Waals surface area contributed by atoms with Gasteiger partial charge in [-0.2, -0.15) is 0 Å². The van der Waals surface area contributed by atoms with E-state index in [0.29, 0.717) is 0 Å². The molecule has 1 heterocycles. The number of likely N-dealkylation sites (tertiary alicyclic amines) is 1. The maximum Gasteiger partial charge on any atom is 0.0254 e. The molecular formula is C11H23ClN2. The van der Waals surface area contributed by atoms with Gasteiger partial charge in [0.05, 0.1) is 0 Å². The van der Waals surface area contributed by atoms with Crippen LogP contribution >= 0.6 is 11.6 Å². The van der Waals surface area contributed by atoms with Crippen molar-refractivity contribution in [2.24, 2.45) is 5.92 Å². The van der Waals surface area contributed by atoms with E-state index in [0.717, 1.165) is 24.3 Å². The highest BCUT2D eigenvalue weighted by atomic mass is 35.5. The molecule has 0 radical (unpaired) electrons. The molecule has 1 aliphatic rings. The van der Waals surface area contributed by atoms with Gasteiger partial charge in [-0.3, -0.25) is 0 Å². The third-order valence-electron chi connectivity index (χ3n) is 3.17. The highest BCUT2D eigenvalue weighted by molar-refractivity contribution is 6.17. The number of alkyl halides is 1. The molecule has 0 aromatic carbocycles. The maximum absolute atomic E-state index is 5.67. The van der Waals surface area contributed by atoms with Crippen LogP contribution in [0, 0.1) is 5.92 Å². The Morgan fingerprint density at radius 3 is 2.50 bits per heavy atom. The SMILES string of the molecule is CC1CN(CCCCCl)CC1N(C)C. The second kappa shape index (κ2) is 5.94. The number of halogens is 1. The number of rotatable bonds is 5. The predicted octanol–water partition coefficient (Wildman–Crippen LogP) is 1.89. The van der Waals surface area contributed by atoms with E-state index in [1.165, 1.54) is 26.1 Å². The number of nitrogens with zero attached hydrogens (tertiary/aromatic N) is 2. The Balaban J connectivity index is 2.24. The van der Waals surface area contributed by atoms with E-state index in [2.05, 4.69) is 30.8 Å². The van der Waals surface area contributed by atoms with Crippen LogP contribution < -0.4 is 0 Å². The maximum atomic E-state index is 5.67. The van der Waals surface area contributed by atoms with Gasteiger partial charge in [0.1, 0.15) is 0 Å². The van der Waals surface area contributed by atoms with Gasteiger partial charge in [0, 0.05) is 25.0 Å². The van der Waals surface area contributed by atoms with E-state index in [-0.39, 0.29) is 0 Å². The van der Waals surface area contributed by atoms with Crippen molar-refractivity contribution in [1.82, 2.24) is 9.80 Å². The topological polar surface area (TPSA) is 6.48 Å². The van der Waals surface area contributed by atoms with Crippen LogP contribution in [-0.4, -0.2) is 55.5 Å². The average Bonchev–Trinajstić information content (AvgIpc) is 2.47. The molecule has 2 nitrogen and oxygen atoms in total. The minimum atomic E-state index is 0.742. The summed E-state index contributed by atoms with van der Waals surface area (Å²) in [6, 6.07) is 0.742. The molecule has 1 aliphatic heterocycles. The zero-order chi connectivity index (χ0) is 10.6. The molecule has 0 aromatic heterocycles. The average molecular weight is 219 g/mol. The van der Waals surface area contributed by atoms with Gasteiger partial charge >= 0.3 is 0 Å². The highest BCUT2D eigenvalue weighted by Gasteiger charge is 2.30. The summed E-state index contributed by atoms with van der Waals surface area (Å²) in [6.07, 6.45) is 2.40. The summed E-state index contributed by atoms with van der Waals surface area (Å²) in [5.41, 5.74) is 0. The van der Waals surface area contributed by atoms with Crippen LogP contribution in [-0.2, 0) is 0 Å². The van der Waals surface area contributed by atoms with Crippen molar-refractivity contribution >= 4 is 11.6 Å². The first-order valence-electron chi connectivity index (χ1n) is 5.60. The van der Waals surface area contributed by atoms with Gasteiger partial charge in [0.15, 0.2) is 0 Å². The van der Waals surface area contributed by atoms with Crippen molar-refractivity contribution < 1.29 is 0 Å². The van der Waals surface area contributed by atoms with Gasteiger partial charge in [-0.1, -0.05) is 6.92 Å². The summed E-state index contributed by atoms with van der Waals surface area (Å²) in [7, 11) is 4.37. The quantitative estimate of drug-likeness (QED) is 0.514. The van der Waals surface area contributed by atoms with E-state index in [1.54, 1.807) is 0 Å². The molecule has 0 spiro atoms. The lowest BCUT2D eigenvalue weighted by molar-refractivity contribution is 0.251. The Hall–Kier alpha value is 0.210. The highest BCUT2D eigenvalue weighted by Crippen LogP contribution is 2.20. The smallest absolute Gasteiger partial charge is 0.0254 e. The fourth-order valence-corrected chi connectivity index (χ4v) is 2.52. The minimum absolute atomic E-state index is 0.742. The summed E-state index contributed by atoms with van der Waals surface area (Å²) in [6.45, 7) is 6.06. The van der Waals surface area contributed by atoms with Crippen molar-refractivity contribution in [2.45, 2.75) is 25.8 Å². The molecule has 0 aromatic rings. The molecule has 14 heavy (non-hydrogen) atoms. The Bertz CT molecular complexity index is 161. The molecule has 1 fully saturated rings. The van der Waals surface area contributed by atoms with Gasteiger partial charge in [0.25, 0.3) is 0 Å². The second-order valence-corrected chi connectivity index (χ2v) is 5.04. The Morgan fingerprint density at radius 1 is 1.29 bits per heavy atom. The fraction of sp³-hybridized carbons (Fsp3) is 1.00. The van der Waals surface area contributed by atoms with E-state index < -0.39 is 0 Å². The van der Waals surface area contributed by atoms with Crippen LogP contribution in [0.4, 0.5) is 0 Å². The molecule has 1 rings (SSSR count). The molecular weight excluding hydrogens is 196 g/mol. The number of unbranched alkanes of at least 4 members (excludes halogenated alkanes) is 1. The predicted molar refractivity (Wildman–Crippen MR) is 63.0 cm³/mol. The van der Waals surface area contributed by atoms with E-state index in [9.17, 15) is 0 Å². The van der Waals surface area contributed by atoms with Crippen LogP contribution in [0.5, 0.6) is 0 Å². The van der Waals surface area contributed by atoms with Crippen LogP contribution in [0.3, 0.4) is 0 Å². The van der Waals surface area contributed by atoms with Gasteiger partial charge in [0.2, 0.25) is 0 Å². The summed E-state index contributed by atoms with van der Waals surface area (Å²) in [4.78, 5) is 4.92. The normalized spacial score (nSPS) is 28.9. The summed E-state index contributed by atoms with van der Waals surface area (Å²) in [5.74, 6) is 1.61. The van der Waals surface area contributed by atoms with Crippen molar-refractivity contribution in [1.29, 1.82) is 0 Å². The van der Waals surface area contributed by atoms with Gasteiger partial charge in [-0.25, -0.2) is 0 Å². The Labute approximate surface area is 93.2 Å². The zero-order valence-electron chi connectivity index (χ0n) is 9.67. The molecule has 0 bridgehead atoms. The Kier molecular flexibility index (Phi) is 5.21. The van der Waals surface area contributed by atoms with Crippen molar-refractivity contribution in [2.75, 3.05) is 39.6 Å². The molecule has 3 heteroatoms. The molecule has 1 saturated heterocycles. The molecule has 84 valence electrons. The third kappa shape index (κ3) is 3.41. The fourth-order valence-electron chi connectivity index (χ4n) is 2.33. The number of hydrogen-bond acceptors (Lipinski definition) is 2. The number of hydrogen-bond donors (Lipinski definition) is 0. The standard InChI is InChI=1S/C11H23ClN2/c1-10-8-14(7-5-4-6-12)9-11(10)13(2)3/h10-11H,4-9H2,1-3H3. The minimum Gasteiger partial charge on any atom is -0.305 e. The first-order valence-corrected chi connectivity index (χ1v) is 6.13. The van der Waals surface area contributed by atoms with Crippen LogP contribution in [0.15, 0.2) is 0 Å². The molecule has 0 aliphatic carbocycles. The number of likely N-dealkylation sites (N-methyl/N-ethyl adjacent to an activating group) is 1. The molecule has 0 N–H and O–H groups in total. The molecule has 0 amide bonds. The van der Waals surface area contributed by atoms with Crippen molar-refractivity contribution in [3.8, 4) is 0 Å². The molecule has 2 atom stereocenters.